The van der Waals surface area contributed by atoms with E-state index in [0.29, 0.717) is 59.2 Å². The fourth-order valence-corrected chi connectivity index (χ4v) is 13.4. The van der Waals surface area contributed by atoms with Crippen molar-refractivity contribution in [3.8, 4) is 0 Å². The van der Waals surface area contributed by atoms with Crippen LogP contribution in [0.5, 0.6) is 0 Å². The number of carbonyl (C=O) groups is 4. The molecule has 2 aliphatic heterocycles. The number of ether oxygens (including phenoxy) is 2. The summed E-state index contributed by atoms with van der Waals surface area (Å²) >= 11 is 0. The third-order valence-electron chi connectivity index (χ3n) is 14.2. The molecule has 2 heterocycles. The lowest BCUT2D eigenvalue weighted by Gasteiger charge is -2.53. The largest absolute Gasteiger partial charge is 0.359 e. The van der Waals surface area contributed by atoms with Gasteiger partial charge in [-0.25, -0.2) is 0 Å². The maximum absolute atomic E-state index is 13.2. The predicted molar refractivity (Wildman–Crippen MR) is 150 cm³/mol. The molecule has 10 heteroatoms. The first-order valence-electron chi connectivity index (χ1n) is 16.4. The van der Waals surface area contributed by atoms with Crippen LogP contribution >= 0.6 is 0 Å². The van der Waals surface area contributed by atoms with Gasteiger partial charge in [0.15, 0.2) is 0 Å². The summed E-state index contributed by atoms with van der Waals surface area (Å²) in [4.78, 5) is 50.1. The minimum absolute atomic E-state index is 0.100. The number of nitrogens with one attached hydrogen (secondary N) is 4. The molecule has 16 atom stereocenters. The lowest BCUT2D eigenvalue weighted by molar-refractivity contribution is -0.208. The molecule has 2 saturated heterocycles. The average molecular weight is 583 g/mol. The van der Waals surface area contributed by atoms with Gasteiger partial charge in [-0.15, -0.1) is 0 Å². The van der Waals surface area contributed by atoms with E-state index in [-0.39, 0.29) is 84.8 Å². The number of fused-ring (bicyclic) bond motifs is 4. The highest BCUT2D eigenvalue weighted by atomic mass is 16.5. The van der Waals surface area contributed by atoms with Crippen molar-refractivity contribution in [3.05, 3.63) is 0 Å². The second-order valence-electron chi connectivity index (χ2n) is 15.2. The van der Waals surface area contributed by atoms with Crippen LogP contribution in [0.15, 0.2) is 0 Å². The Morgan fingerprint density at radius 3 is 1.33 bits per heavy atom. The molecule has 8 fully saturated rings. The van der Waals surface area contributed by atoms with Gasteiger partial charge in [0, 0.05) is 50.6 Å². The van der Waals surface area contributed by atoms with Crippen LogP contribution in [-0.2, 0) is 28.7 Å². The highest BCUT2D eigenvalue weighted by molar-refractivity contribution is 5.84. The normalized spacial score (nSPS) is 52.7. The molecular weight excluding hydrogens is 536 g/mol. The first kappa shape index (κ1) is 27.4. The Morgan fingerprint density at radius 2 is 0.952 bits per heavy atom. The Labute approximate surface area is 247 Å². The van der Waals surface area contributed by atoms with Crippen LogP contribution < -0.4 is 21.3 Å². The van der Waals surface area contributed by atoms with Gasteiger partial charge in [-0.05, 0) is 84.9 Å². The van der Waals surface area contributed by atoms with E-state index in [9.17, 15) is 19.2 Å². The van der Waals surface area contributed by atoms with Crippen LogP contribution in [0, 0.1) is 70.0 Å². The fourth-order valence-electron chi connectivity index (χ4n) is 13.4. The van der Waals surface area contributed by atoms with Crippen LogP contribution in [-0.4, -0.2) is 62.4 Å². The van der Waals surface area contributed by atoms with Crippen molar-refractivity contribution >= 4 is 23.6 Å². The molecule has 0 aromatic rings. The first-order chi connectivity index (χ1) is 20.1. The van der Waals surface area contributed by atoms with Crippen molar-refractivity contribution in [2.45, 2.75) is 89.9 Å². The van der Waals surface area contributed by atoms with E-state index < -0.39 is 0 Å². The zero-order valence-electron chi connectivity index (χ0n) is 25.2. The number of amides is 4. The Morgan fingerprint density at radius 1 is 0.571 bits per heavy atom. The third-order valence-corrected chi connectivity index (χ3v) is 14.2. The highest BCUT2D eigenvalue weighted by Crippen LogP contribution is 2.87. The average Bonchev–Trinajstić information content (AvgIpc) is 3.77. The summed E-state index contributed by atoms with van der Waals surface area (Å²) in [6, 6.07) is 0. The van der Waals surface area contributed by atoms with E-state index in [0.717, 1.165) is 25.7 Å². The van der Waals surface area contributed by atoms with E-state index >= 15 is 0 Å². The highest BCUT2D eigenvalue weighted by Gasteiger charge is 2.87. The minimum atomic E-state index is -0.333. The van der Waals surface area contributed by atoms with Crippen LogP contribution in [0.2, 0.25) is 0 Å². The fraction of sp³-hybridized carbons (Fsp3) is 0.875. The quantitative estimate of drug-likeness (QED) is 0.343. The summed E-state index contributed by atoms with van der Waals surface area (Å²) in [6.45, 7) is 4.86. The van der Waals surface area contributed by atoms with Gasteiger partial charge < -0.3 is 30.7 Å². The molecule has 8 rings (SSSR count). The Balaban J connectivity index is 1.14. The third kappa shape index (κ3) is 3.23. The van der Waals surface area contributed by atoms with E-state index in [2.05, 4.69) is 35.1 Å². The molecule has 4 N–H and O–H groups in total. The summed E-state index contributed by atoms with van der Waals surface area (Å²) in [5.41, 5.74) is -0.304. The van der Waals surface area contributed by atoms with Gasteiger partial charge in [-0.3, -0.25) is 19.2 Å². The molecule has 0 aromatic heterocycles. The summed E-state index contributed by atoms with van der Waals surface area (Å²) < 4.78 is 13.9. The Kier molecular flexibility index (Phi) is 5.97. The number of hydrogen-bond donors (Lipinski definition) is 4. The molecule has 230 valence electrons. The van der Waals surface area contributed by atoms with Crippen LogP contribution in [0.25, 0.3) is 0 Å². The van der Waals surface area contributed by atoms with Crippen molar-refractivity contribution in [2.24, 2.45) is 70.0 Å². The zero-order valence-corrected chi connectivity index (χ0v) is 25.2. The maximum atomic E-state index is 13.2. The summed E-state index contributed by atoms with van der Waals surface area (Å²) in [5.74, 6) is 4.58. The summed E-state index contributed by atoms with van der Waals surface area (Å²) in [6.07, 6.45) is 4.56. The lowest BCUT2D eigenvalue weighted by Crippen LogP contribution is -2.61. The van der Waals surface area contributed by atoms with Crippen LogP contribution in [0.3, 0.4) is 0 Å². The van der Waals surface area contributed by atoms with Crippen LogP contribution in [0.4, 0.5) is 0 Å². The Bertz CT molecular complexity index is 1140. The van der Waals surface area contributed by atoms with Crippen molar-refractivity contribution in [1.82, 2.24) is 21.3 Å². The molecule has 6 saturated carbocycles. The maximum Gasteiger partial charge on any atom is 0.222 e. The molecule has 0 unspecified atom stereocenters. The molecule has 6 aliphatic carbocycles. The van der Waals surface area contributed by atoms with E-state index in [4.69, 9.17) is 9.47 Å². The SMILES string of the molecule is CNC(=O)CCC(=O)N[C@H]1O[C@@H]2CC[C@@H]3[C@@H]2[C@@H]2[C@H]4[C@@H]5[C@H]6[C@H]7[C@H](CC[C@@H]7O[C@H](NC(=O)CCC(=O)NC)[C@@]6(C)[C@@H]34)[C@H]5[C@@]21C. The van der Waals surface area contributed by atoms with E-state index in [1.54, 1.807) is 14.1 Å². The van der Waals surface area contributed by atoms with E-state index in [1.807, 2.05) is 0 Å². The topological polar surface area (TPSA) is 135 Å². The van der Waals surface area contributed by atoms with Gasteiger partial charge in [0.25, 0.3) is 0 Å². The molecule has 42 heavy (non-hydrogen) atoms. The predicted octanol–water partition coefficient (Wildman–Crippen LogP) is 1.54. The Hall–Kier alpha value is -2.20. The van der Waals surface area contributed by atoms with Crippen molar-refractivity contribution in [1.29, 1.82) is 0 Å². The molecule has 0 bridgehead atoms. The molecule has 0 aromatic carbocycles. The van der Waals surface area contributed by atoms with Crippen molar-refractivity contribution in [3.63, 3.8) is 0 Å². The van der Waals surface area contributed by atoms with Crippen LogP contribution in [0.1, 0.15) is 65.2 Å². The van der Waals surface area contributed by atoms with Gasteiger partial charge in [0.05, 0.1) is 12.2 Å². The molecule has 10 nitrogen and oxygen atoms in total. The number of rotatable bonds is 8. The standard InChI is InChI=1S/C32H46N4O6/c1-31-25-13-5-7-16-22(13)28-23(25)24-26(32(28,2)30(42-16)36-20(40)12-10-18(38)34-4)14-6-8-15(21(14)27(24)31)41-29(31)35-19(39)11-9-17(37)33-3/h13-16,21-30H,5-12H2,1-4H3,(H,33,37)(H,34,38)(H,35,39)(H,36,40)/t13-,14+,15+,16-,21-,22-,23-,24-,25+,26-,27+,28+,29-,30-,31-,32-/m0/s1. The van der Waals surface area contributed by atoms with Gasteiger partial charge in [-0.2, -0.15) is 0 Å². The first-order valence-corrected chi connectivity index (χ1v) is 16.4. The van der Waals surface area contributed by atoms with Gasteiger partial charge >= 0.3 is 0 Å². The number of carbonyl (C=O) groups excluding carboxylic acids is 4. The second kappa shape index (κ2) is 9.16. The lowest BCUT2D eigenvalue weighted by atomic mass is 9.60. The molecular formula is C32H46N4O6. The second-order valence-corrected chi connectivity index (χ2v) is 15.2. The molecule has 8 aliphatic rings. The summed E-state index contributed by atoms with van der Waals surface area (Å²) in [5, 5.41) is 11.9. The molecule has 4 amide bonds. The summed E-state index contributed by atoms with van der Waals surface area (Å²) in [7, 11) is 3.20. The van der Waals surface area contributed by atoms with Gasteiger partial charge in [0.2, 0.25) is 23.6 Å². The van der Waals surface area contributed by atoms with Gasteiger partial charge in [0.1, 0.15) is 12.5 Å². The molecule has 0 spiro atoms. The molecule has 0 radical (unpaired) electrons. The van der Waals surface area contributed by atoms with E-state index in [1.165, 1.54) is 0 Å². The van der Waals surface area contributed by atoms with Gasteiger partial charge in [-0.1, -0.05) is 13.8 Å². The smallest absolute Gasteiger partial charge is 0.222 e. The zero-order chi connectivity index (χ0) is 29.3. The minimum Gasteiger partial charge on any atom is -0.359 e. The monoisotopic (exact) mass is 582 g/mol. The van der Waals surface area contributed by atoms with Crippen molar-refractivity contribution in [2.75, 3.05) is 14.1 Å². The number of hydrogen-bond acceptors (Lipinski definition) is 6. The van der Waals surface area contributed by atoms with Crippen molar-refractivity contribution < 1.29 is 28.7 Å².